The fourth-order valence-corrected chi connectivity index (χ4v) is 4.27. The summed E-state index contributed by atoms with van der Waals surface area (Å²) in [7, 11) is 0. The Balaban J connectivity index is 1.72. The quantitative estimate of drug-likeness (QED) is 0.794. The molecule has 1 amide bonds. The smallest absolute Gasteiger partial charge is 0.247 e. The van der Waals surface area contributed by atoms with Gasteiger partial charge in [-0.25, -0.2) is 4.39 Å². The van der Waals surface area contributed by atoms with Crippen molar-refractivity contribution >= 4 is 27.9 Å². The minimum Gasteiger partial charge on any atom is -0.374 e. The van der Waals surface area contributed by atoms with Crippen LogP contribution in [0.3, 0.4) is 0 Å². The van der Waals surface area contributed by atoms with Gasteiger partial charge in [-0.2, -0.15) is 5.26 Å². The summed E-state index contributed by atoms with van der Waals surface area (Å²) in [5.74, 6) is -0.529. The van der Waals surface area contributed by atoms with E-state index in [1.165, 1.54) is 34.8 Å². The Kier molecular flexibility index (Phi) is 5.34. The number of carbonyl (C=O) groups is 1. The molecule has 4 nitrogen and oxygen atoms in total. The zero-order valence-corrected chi connectivity index (χ0v) is 14.9. The van der Waals surface area contributed by atoms with Crippen molar-refractivity contribution in [3.05, 3.63) is 46.1 Å². The molecular formula is C19H20FN3OS. The van der Waals surface area contributed by atoms with Crippen LogP contribution >= 0.6 is 11.3 Å². The van der Waals surface area contributed by atoms with Crippen LogP contribution in [0.4, 0.5) is 15.1 Å². The SMILES string of the molecule is CC(Nc1ccc(F)cc1)C(=O)Nc1sc2c(c1C#N)CCCCC2. The van der Waals surface area contributed by atoms with Gasteiger partial charge in [-0.15, -0.1) is 11.3 Å². The molecule has 1 unspecified atom stereocenters. The van der Waals surface area contributed by atoms with E-state index in [1.54, 1.807) is 19.1 Å². The molecule has 0 saturated heterocycles. The number of nitrogens with one attached hydrogen (secondary N) is 2. The van der Waals surface area contributed by atoms with Crippen molar-refractivity contribution in [2.75, 3.05) is 10.6 Å². The van der Waals surface area contributed by atoms with Gasteiger partial charge in [0.25, 0.3) is 0 Å². The number of hydrogen-bond donors (Lipinski definition) is 2. The molecule has 2 N–H and O–H groups in total. The van der Waals surface area contributed by atoms with Crippen molar-refractivity contribution in [3.63, 3.8) is 0 Å². The van der Waals surface area contributed by atoms with Crippen molar-refractivity contribution in [1.29, 1.82) is 5.26 Å². The van der Waals surface area contributed by atoms with Gasteiger partial charge in [0, 0.05) is 10.6 Å². The highest BCUT2D eigenvalue weighted by Crippen LogP contribution is 2.37. The molecule has 1 aromatic carbocycles. The minimum absolute atomic E-state index is 0.211. The normalized spacial score (nSPS) is 14.8. The van der Waals surface area contributed by atoms with Crippen LogP contribution in [0.1, 0.15) is 42.2 Å². The topological polar surface area (TPSA) is 64.9 Å². The Morgan fingerprint density at radius 1 is 1.24 bits per heavy atom. The summed E-state index contributed by atoms with van der Waals surface area (Å²) in [6.07, 6.45) is 5.30. The van der Waals surface area contributed by atoms with E-state index in [4.69, 9.17) is 0 Å². The van der Waals surface area contributed by atoms with E-state index >= 15 is 0 Å². The number of benzene rings is 1. The Labute approximate surface area is 150 Å². The van der Waals surface area contributed by atoms with E-state index in [-0.39, 0.29) is 11.7 Å². The van der Waals surface area contributed by atoms with Crippen LogP contribution < -0.4 is 10.6 Å². The molecule has 0 fully saturated rings. The Bertz CT molecular complexity index is 807. The van der Waals surface area contributed by atoms with Crippen LogP contribution in [0.15, 0.2) is 24.3 Å². The van der Waals surface area contributed by atoms with Crippen molar-refractivity contribution in [3.8, 4) is 6.07 Å². The molecule has 2 aromatic rings. The number of fused-ring (bicyclic) bond motifs is 1. The van der Waals surface area contributed by atoms with Crippen LogP contribution in [0.25, 0.3) is 0 Å². The average molecular weight is 357 g/mol. The van der Waals surface area contributed by atoms with Crippen LogP contribution in [0.5, 0.6) is 0 Å². The lowest BCUT2D eigenvalue weighted by Crippen LogP contribution is -2.31. The third-order valence-electron chi connectivity index (χ3n) is 4.39. The molecule has 25 heavy (non-hydrogen) atoms. The first kappa shape index (κ1) is 17.4. The zero-order valence-electron chi connectivity index (χ0n) is 14.1. The van der Waals surface area contributed by atoms with Gasteiger partial charge in [-0.3, -0.25) is 4.79 Å². The van der Waals surface area contributed by atoms with Crippen molar-refractivity contribution in [1.82, 2.24) is 0 Å². The second kappa shape index (κ2) is 7.66. The van der Waals surface area contributed by atoms with E-state index in [9.17, 15) is 14.4 Å². The molecule has 0 aliphatic heterocycles. The fourth-order valence-electron chi connectivity index (χ4n) is 3.03. The van der Waals surface area contributed by atoms with Crippen LogP contribution in [0.2, 0.25) is 0 Å². The first-order valence-corrected chi connectivity index (χ1v) is 9.27. The fraction of sp³-hybridized carbons (Fsp3) is 0.368. The highest BCUT2D eigenvalue weighted by Gasteiger charge is 2.22. The van der Waals surface area contributed by atoms with E-state index in [2.05, 4.69) is 16.7 Å². The predicted molar refractivity (Wildman–Crippen MR) is 98.4 cm³/mol. The van der Waals surface area contributed by atoms with E-state index < -0.39 is 6.04 Å². The maximum absolute atomic E-state index is 13.0. The molecule has 0 radical (unpaired) electrons. The number of anilines is 2. The van der Waals surface area contributed by atoms with Gasteiger partial charge in [0.1, 0.15) is 22.9 Å². The number of hydrogen-bond acceptors (Lipinski definition) is 4. The summed E-state index contributed by atoms with van der Waals surface area (Å²) in [6, 6.07) is 7.63. The number of aryl methyl sites for hydroxylation is 1. The van der Waals surface area contributed by atoms with Crippen molar-refractivity contribution < 1.29 is 9.18 Å². The molecule has 0 bridgehead atoms. The zero-order chi connectivity index (χ0) is 17.8. The van der Waals surface area contributed by atoms with Gasteiger partial charge >= 0.3 is 0 Å². The summed E-state index contributed by atoms with van der Waals surface area (Å²) < 4.78 is 13.0. The highest BCUT2D eigenvalue weighted by atomic mass is 32.1. The number of nitrogens with zero attached hydrogens (tertiary/aromatic N) is 1. The second-order valence-corrected chi connectivity index (χ2v) is 7.35. The molecule has 6 heteroatoms. The summed E-state index contributed by atoms with van der Waals surface area (Å²) in [4.78, 5) is 13.7. The van der Waals surface area contributed by atoms with E-state index in [0.717, 1.165) is 31.2 Å². The number of halogens is 1. The molecule has 130 valence electrons. The number of rotatable bonds is 4. The Morgan fingerprint density at radius 2 is 1.96 bits per heavy atom. The molecule has 1 aromatic heterocycles. The third-order valence-corrected chi connectivity index (χ3v) is 5.60. The summed E-state index contributed by atoms with van der Waals surface area (Å²) >= 11 is 1.52. The molecular weight excluding hydrogens is 337 g/mol. The maximum Gasteiger partial charge on any atom is 0.247 e. The van der Waals surface area contributed by atoms with Crippen LogP contribution in [0, 0.1) is 17.1 Å². The molecule has 3 rings (SSSR count). The van der Waals surface area contributed by atoms with Gasteiger partial charge in [-0.05, 0) is 62.4 Å². The third kappa shape index (κ3) is 3.99. The lowest BCUT2D eigenvalue weighted by molar-refractivity contribution is -0.116. The van der Waals surface area contributed by atoms with E-state index in [0.29, 0.717) is 16.3 Å². The van der Waals surface area contributed by atoms with Crippen LogP contribution in [-0.2, 0) is 17.6 Å². The van der Waals surface area contributed by atoms with Crippen LogP contribution in [-0.4, -0.2) is 11.9 Å². The summed E-state index contributed by atoms with van der Waals surface area (Å²) in [5.41, 5.74) is 2.40. The number of nitriles is 1. The first-order chi connectivity index (χ1) is 12.1. The van der Waals surface area contributed by atoms with Crippen molar-refractivity contribution in [2.24, 2.45) is 0 Å². The lowest BCUT2D eigenvalue weighted by atomic mass is 10.1. The van der Waals surface area contributed by atoms with Gasteiger partial charge in [0.2, 0.25) is 5.91 Å². The average Bonchev–Trinajstić information content (AvgIpc) is 2.76. The number of thiophene rings is 1. The second-order valence-electron chi connectivity index (χ2n) is 6.24. The van der Waals surface area contributed by atoms with Gasteiger partial charge in [0.05, 0.1) is 5.56 Å². The minimum atomic E-state index is -0.501. The summed E-state index contributed by atoms with van der Waals surface area (Å²) in [6.45, 7) is 1.74. The van der Waals surface area contributed by atoms with Gasteiger partial charge < -0.3 is 10.6 Å². The molecule has 0 saturated carbocycles. The largest absolute Gasteiger partial charge is 0.374 e. The molecule has 1 aliphatic carbocycles. The van der Waals surface area contributed by atoms with Gasteiger partial charge in [0.15, 0.2) is 0 Å². The highest BCUT2D eigenvalue weighted by molar-refractivity contribution is 7.16. The summed E-state index contributed by atoms with van der Waals surface area (Å²) in [5, 5.41) is 16.1. The number of carbonyl (C=O) groups excluding carboxylic acids is 1. The van der Waals surface area contributed by atoms with E-state index in [1.807, 2.05) is 0 Å². The molecule has 1 heterocycles. The maximum atomic E-state index is 13.0. The standard InChI is InChI=1S/C19H20FN3OS/c1-12(22-14-9-7-13(20)8-10-14)18(24)23-19-16(11-21)15-5-3-2-4-6-17(15)25-19/h7-10,12,22H,2-6H2,1H3,(H,23,24). The predicted octanol–water partition coefficient (Wildman–Crippen LogP) is 4.47. The molecule has 1 aliphatic rings. The van der Waals surface area contributed by atoms with Crippen molar-refractivity contribution in [2.45, 2.75) is 45.1 Å². The number of amides is 1. The van der Waals surface area contributed by atoms with Gasteiger partial charge in [-0.1, -0.05) is 6.42 Å². The lowest BCUT2D eigenvalue weighted by Gasteiger charge is -2.15. The molecule has 0 spiro atoms. The monoisotopic (exact) mass is 357 g/mol. The molecule has 1 atom stereocenters. The Hall–Kier alpha value is -2.39. The first-order valence-electron chi connectivity index (χ1n) is 8.46. The Morgan fingerprint density at radius 3 is 2.68 bits per heavy atom.